The number of carbonyl (C=O) groups excluding carboxylic acids is 1. The van der Waals surface area contributed by atoms with Crippen molar-refractivity contribution in [2.75, 3.05) is 0 Å². The summed E-state index contributed by atoms with van der Waals surface area (Å²) in [6, 6.07) is 0. The number of carbonyl (C=O) groups is 1. The second-order valence-corrected chi connectivity index (χ2v) is 7.39. The van der Waals surface area contributed by atoms with Crippen LogP contribution in [0.3, 0.4) is 0 Å². The Labute approximate surface area is 149 Å². The summed E-state index contributed by atoms with van der Waals surface area (Å²) in [6.07, 6.45) is 20.1. The fourth-order valence-electron chi connectivity index (χ4n) is 2.57. The van der Waals surface area contributed by atoms with Gasteiger partial charge in [0.2, 0.25) is 0 Å². The second-order valence-electron chi connectivity index (χ2n) is 6.50. The zero-order valence-electron chi connectivity index (χ0n) is 15.6. The van der Waals surface area contributed by atoms with E-state index < -0.39 is 10.4 Å². The molecule has 0 aliphatic heterocycles. The highest BCUT2D eigenvalue weighted by Crippen LogP contribution is 2.13. The van der Waals surface area contributed by atoms with Gasteiger partial charge in [0.15, 0.2) is 0 Å². The standard InChI is InChI=1S/C18H36O.H2O4S/c1-3-4-5-6-7-8-9-10-11-12-13-14-15-16-17-18(2)19;1-5(2,3)4/h3-17H2,1-2H3;(H2,1,2,3,4). The summed E-state index contributed by atoms with van der Waals surface area (Å²) in [4.78, 5) is 10.8. The average molecular weight is 367 g/mol. The molecule has 2 N–H and O–H groups in total. The molecule has 0 heterocycles. The number of unbranched alkanes of at least 4 members (excludes halogenated alkanes) is 13. The van der Waals surface area contributed by atoms with Crippen LogP contribution in [0.2, 0.25) is 0 Å². The van der Waals surface area contributed by atoms with E-state index in [0.717, 1.165) is 12.8 Å². The maximum absolute atomic E-state index is 10.8. The van der Waals surface area contributed by atoms with Gasteiger partial charge in [-0.2, -0.15) is 8.42 Å². The van der Waals surface area contributed by atoms with Crippen LogP contribution in [0.15, 0.2) is 0 Å². The zero-order chi connectivity index (χ0) is 18.7. The summed E-state index contributed by atoms with van der Waals surface area (Å²) in [7, 11) is -4.67. The molecule has 0 fully saturated rings. The summed E-state index contributed by atoms with van der Waals surface area (Å²) < 4.78 is 31.6. The Kier molecular flexibility index (Phi) is 20.3. The third-order valence-corrected chi connectivity index (χ3v) is 3.88. The minimum Gasteiger partial charge on any atom is -0.300 e. The molecule has 0 atom stereocenters. The van der Waals surface area contributed by atoms with E-state index in [2.05, 4.69) is 6.92 Å². The molecular formula is C18H38O5S. The predicted octanol–water partition coefficient (Wildman–Crippen LogP) is 5.79. The molecule has 0 aromatic heterocycles. The summed E-state index contributed by atoms with van der Waals surface area (Å²) in [5, 5.41) is 0. The molecule has 0 saturated carbocycles. The SMILES string of the molecule is CCCCCCCCCCCCCCCCC(C)=O.O=S(=O)(O)O. The van der Waals surface area contributed by atoms with Crippen molar-refractivity contribution in [2.45, 2.75) is 110 Å². The minimum absolute atomic E-state index is 0.346. The maximum Gasteiger partial charge on any atom is 0.394 e. The van der Waals surface area contributed by atoms with Crippen LogP contribution in [0.5, 0.6) is 0 Å². The van der Waals surface area contributed by atoms with Gasteiger partial charge in [-0.3, -0.25) is 9.11 Å². The second kappa shape index (κ2) is 18.9. The van der Waals surface area contributed by atoms with Crippen molar-refractivity contribution in [3.63, 3.8) is 0 Å². The monoisotopic (exact) mass is 366 g/mol. The Morgan fingerprint density at radius 3 is 1.17 bits per heavy atom. The highest BCUT2D eigenvalue weighted by atomic mass is 32.3. The topological polar surface area (TPSA) is 91.7 Å². The van der Waals surface area contributed by atoms with Gasteiger partial charge in [-0.25, -0.2) is 0 Å². The van der Waals surface area contributed by atoms with Crippen molar-refractivity contribution in [2.24, 2.45) is 0 Å². The number of hydrogen-bond donors (Lipinski definition) is 2. The molecule has 6 heteroatoms. The first kappa shape index (κ1) is 25.8. The van der Waals surface area contributed by atoms with Crippen molar-refractivity contribution in [1.29, 1.82) is 0 Å². The molecule has 0 rings (SSSR count). The Hall–Kier alpha value is -0.460. The number of ketones is 1. The smallest absolute Gasteiger partial charge is 0.300 e. The van der Waals surface area contributed by atoms with E-state index in [1.54, 1.807) is 6.92 Å². The quantitative estimate of drug-likeness (QED) is 0.282. The summed E-state index contributed by atoms with van der Waals surface area (Å²) in [5.41, 5.74) is 0. The van der Waals surface area contributed by atoms with Gasteiger partial charge < -0.3 is 4.79 Å². The number of rotatable bonds is 15. The molecule has 0 aliphatic rings. The number of Topliss-reactive ketones (excluding diaryl/α,β-unsaturated/α-hetero) is 1. The van der Waals surface area contributed by atoms with Gasteiger partial charge >= 0.3 is 10.4 Å². The Morgan fingerprint density at radius 1 is 0.667 bits per heavy atom. The van der Waals surface area contributed by atoms with Gasteiger partial charge in [0, 0.05) is 6.42 Å². The van der Waals surface area contributed by atoms with Gasteiger partial charge in [0.1, 0.15) is 5.78 Å². The normalized spacial score (nSPS) is 11.0. The van der Waals surface area contributed by atoms with Crippen LogP contribution < -0.4 is 0 Å². The Morgan fingerprint density at radius 2 is 0.917 bits per heavy atom. The molecule has 146 valence electrons. The molecule has 0 saturated heterocycles. The van der Waals surface area contributed by atoms with Crippen LogP contribution in [-0.2, 0) is 15.2 Å². The molecule has 24 heavy (non-hydrogen) atoms. The van der Waals surface area contributed by atoms with Crippen molar-refractivity contribution >= 4 is 16.2 Å². The number of hydrogen-bond acceptors (Lipinski definition) is 3. The van der Waals surface area contributed by atoms with Crippen LogP contribution in [0.1, 0.15) is 110 Å². The van der Waals surface area contributed by atoms with Crippen LogP contribution in [0.4, 0.5) is 0 Å². The van der Waals surface area contributed by atoms with E-state index >= 15 is 0 Å². The molecule has 5 nitrogen and oxygen atoms in total. The van der Waals surface area contributed by atoms with E-state index in [-0.39, 0.29) is 0 Å². The van der Waals surface area contributed by atoms with E-state index in [9.17, 15) is 4.79 Å². The van der Waals surface area contributed by atoms with Crippen molar-refractivity contribution in [1.82, 2.24) is 0 Å². The van der Waals surface area contributed by atoms with E-state index in [1.165, 1.54) is 83.5 Å². The molecule has 0 amide bonds. The summed E-state index contributed by atoms with van der Waals surface area (Å²) in [6.45, 7) is 3.97. The van der Waals surface area contributed by atoms with Crippen molar-refractivity contribution in [3.05, 3.63) is 0 Å². The maximum atomic E-state index is 10.8. The fourth-order valence-corrected chi connectivity index (χ4v) is 2.57. The highest BCUT2D eigenvalue weighted by Gasteiger charge is 1.95. The van der Waals surface area contributed by atoms with Gasteiger partial charge in [0.05, 0.1) is 0 Å². The van der Waals surface area contributed by atoms with Crippen molar-refractivity contribution in [3.8, 4) is 0 Å². The van der Waals surface area contributed by atoms with Crippen LogP contribution in [0, 0.1) is 0 Å². The minimum atomic E-state index is -4.67. The molecule has 0 radical (unpaired) electrons. The Balaban J connectivity index is 0. The molecule has 0 aromatic rings. The molecule has 0 aliphatic carbocycles. The van der Waals surface area contributed by atoms with E-state index in [0.29, 0.717) is 5.78 Å². The van der Waals surface area contributed by atoms with Crippen LogP contribution >= 0.6 is 0 Å². The zero-order valence-corrected chi connectivity index (χ0v) is 16.5. The molecule has 0 bridgehead atoms. The molecule has 0 spiro atoms. The van der Waals surface area contributed by atoms with Crippen molar-refractivity contribution < 1.29 is 22.3 Å². The highest BCUT2D eigenvalue weighted by molar-refractivity contribution is 7.79. The van der Waals surface area contributed by atoms with E-state index in [4.69, 9.17) is 17.5 Å². The molecule has 0 unspecified atom stereocenters. The van der Waals surface area contributed by atoms with Gasteiger partial charge in [0.25, 0.3) is 0 Å². The average Bonchev–Trinajstić information content (AvgIpc) is 2.45. The first-order valence-electron chi connectivity index (χ1n) is 9.46. The molecule has 0 aromatic carbocycles. The summed E-state index contributed by atoms with van der Waals surface area (Å²) in [5.74, 6) is 0.346. The van der Waals surface area contributed by atoms with Crippen LogP contribution in [-0.4, -0.2) is 23.3 Å². The Bertz CT molecular complexity index is 358. The van der Waals surface area contributed by atoms with E-state index in [1.807, 2.05) is 0 Å². The predicted molar refractivity (Wildman–Crippen MR) is 99.8 cm³/mol. The largest absolute Gasteiger partial charge is 0.394 e. The fraction of sp³-hybridized carbons (Fsp3) is 0.944. The van der Waals surface area contributed by atoms with Gasteiger partial charge in [-0.1, -0.05) is 90.4 Å². The summed E-state index contributed by atoms with van der Waals surface area (Å²) >= 11 is 0. The lowest BCUT2D eigenvalue weighted by Crippen LogP contribution is -1.89. The third-order valence-electron chi connectivity index (χ3n) is 3.88. The lowest BCUT2D eigenvalue weighted by atomic mass is 10.0. The first-order valence-corrected chi connectivity index (χ1v) is 10.9. The van der Waals surface area contributed by atoms with Crippen LogP contribution in [0.25, 0.3) is 0 Å². The molecular weight excluding hydrogens is 328 g/mol. The lowest BCUT2D eigenvalue weighted by Gasteiger charge is -2.02. The van der Waals surface area contributed by atoms with Gasteiger partial charge in [-0.05, 0) is 13.3 Å². The first-order chi connectivity index (χ1) is 11.3. The third kappa shape index (κ3) is 37.6. The van der Waals surface area contributed by atoms with Gasteiger partial charge in [-0.15, -0.1) is 0 Å². The lowest BCUT2D eigenvalue weighted by molar-refractivity contribution is -0.117.